The van der Waals surface area contributed by atoms with Crippen molar-refractivity contribution in [3.05, 3.63) is 29.3 Å². The average Bonchev–Trinajstić information content (AvgIpc) is 2.28. The van der Waals surface area contributed by atoms with Crippen molar-refractivity contribution in [2.75, 3.05) is 26.7 Å². The Labute approximate surface area is 110 Å². The lowest BCUT2D eigenvalue weighted by atomic mass is 10.0. The molecule has 1 heterocycles. The molecule has 1 saturated heterocycles. The Morgan fingerprint density at radius 2 is 2.17 bits per heavy atom. The Morgan fingerprint density at radius 3 is 2.78 bits per heavy atom. The van der Waals surface area contributed by atoms with E-state index in [1.54, 1.807) is 7.11 Å². The summed E-state index contributed by atoms with van der Waals surface area (Å²) >= 11 is 0. The summed E-state index contributed by atoms with van der Waals surface area (Å²) in [6, 6.07) is 6.47. The Bertz CT molecular complexity index is 415. The molecule has 1 aliphatic rings. The summed E-state index contributed by atoms with van der Waals surface area (Å²) < 4.78 is 5.30. The highest BCUT2D eigenvalue weighted by Crippen LogP contribution is 2.20. The number of ether oxygens (including phenoxy) is 1. The van der Waals surface area contributed by atoms with Crippen molar-refractivity contribution in [1.29, 1.82) is 0 Å². The third kappa shape index (κ3) is 3.24. The number of hydrogen-bond acceptors (Lipinski definition) is 3. The number of nitrogens with one attached hydrogen (secondary N) is 1. The van der Waals surface area contributed by atoms with E-state index in [1.807, 2.05) is 0 Å². The highest BCUT2D eigenvalue weighted by molar-refractivity contribution is 5.36. The van der Waals surface area contributed by atoms with Crippen LogP contribution in [0.25, 0.3) is 0 Å². The van der Waals surface area contributed by atoms with Gasteiger partial charge in [0.15, 0.2) is 0 Å². The molecular formula is C15H24N2O. The van der Waals surface area contributed by atoms with E-state index in [-0.39, 0.29) is 5.54 Å². The normalized spacial score (nSPS) is 19.8. The van der Waals surface area contributed by atoms with Gasteiger partial charge in [-0.2, -0.15) is 0 Å². The van der Waals surface area contributed by atoms with E-state index in [2.05, 4.69) is 49.2 Å². The Balaban J connectivity index is 2.03. The molecule has 0 spiro atoms. The minimum atomic E-state index is 0.222. The van der Waals surface area contributed by atoms with E-state index >= 15 is 0 Å². The minimum Gasteiger partial charge on any atom is -0.496 e. The lowest BCUT2D eigenvalue weighted by molar-refractivity contribution is 0.148. The Kier molecular flexibility index (Phi) is 3.93. The highest BCUT2D eigenvalue weighted by atomic mass is 16.5. The molecule has 1 fully saturated rings. The number of nitrogens with zero attached hydrogens (tertiary/aromatic N) is 1. The second kappa shape index (κ2) is 5.29. The minimum absolute atomic E-state index is 0.222. The predicted molar refractivity (Wildman–Crippen MR) is 75.1 cm³/mol. The molecule has 0 saturated carbocycles. The SMILES string of the molecule is COc1ccc(CN2CCNC(C)(C)C2)cc1C. The lowest BCUT2D eigenvalue weighted by Gasteiger charge is -2.39. The van der Waals surface area contributed by atoms with E-state index in [1.165, 1.54) is 11.1 Å². The van der Waals surface area contributed by atoms with Crippen LogP contribution in [0, 0.1) is 6.92 Å². The Hall–Kier alpha value is -1.06. The van der Waals surface area contributed by atoms with Gasteiger partial charge in [0, 0.05) is 31.7 Å². The summed E-state index contributed by atoms with van der Waals surface area (Å²) in [4.78, 5) is 2.51. The first kappa shape index (κ1) is 13.4. The molecule has 0 atom stereocenters. The van der Waals surface area contributed by atoms with Gasteiger partial charge >= 0.3 is 0 Å². The molecule has 1 aromatic rings. The van der Waals surface area contributed by atoms with Crippen LogP contribution in [0.1, 0.15) is 25.0 Å². The molecule has 0 radical (unpaired) electrons. The molecular weight excluding hydrogens is 224 g/mol. The van der Waals surface area contributed by atoms with E-state index in [0.717, 1.165) is 31.9 Å². The van der Waals surface area contributed by atoms with E-state index in [9.17, 15) is 0 Å². The van der Waals surface area contributed by atoms with Crippen molar-refractivity contribution in [3.63, 3.8) is 0 Å². The van der Waals surface area contributed by atoms with Crippen molar-refractivity contribution in [1.82, 2.24) is 10.2 Å². The third-order valence-electron chi connectivity index (χ3n) is 3.52. The maximum atomic E-state index is 5.30. The molecule has 1 aliphatic heterocycles. The number of methoxy groups -OCH3 is 1. The van der Waals surface area contributed by atoms with Gasteiger partial charge in [-0.3, -0.25) is 4.90 Å². The van der Waals surface area contributed by atoms with Gasteiger partial charge in [0.25, 0.3) is 0 Å². The molecule has 2 rings (SSSR count). The second-order valence-corrected chi connectivity index (χ2v) is 5.83. The number of piperazine rings is 1. The fourth-order valence-electron chi connectivity index (χ4n) is 2.68. The van der Waals surface area contributed by atoms with Gasteiger partial charge in [-0.25, -0.2) is 0 Å². The van der Waals surface area contributed by atoms with Crippen LogP contribution < -0.4 is 10.1 Å². The predicted octanol–water partition coefficient (Wildman–Crippen LogP) is 2.19. The van der Waals surface area contributed by atoms with Crippen LogP contribution in [0.2, 0.25) is 0 Å². The zero-order valence-electron chi connectivity index (χ0n) is 11.9. The Morgan fingerprint density at radius 1 is 1.39 bits per heavy atom. The summed E-state index contributed by atoms with van der Waals surface area (Å²) in [5.41, 5.74) is 2.80. The van der Waals surface area contributed by atoms with Crippen LogP contribution >= 0.6 is 0 Å². The van der Waals surface area contributed by atoms with Crippen molar-refractivity contribution in [2.24, 2.45) is 0 Å². The van der Waals surface area contributed by atoms with Gasteiger partial charge in [-0.15, -0.1) is 0 Å². The first-order chi connectivity index (χ1) is 8.50. The fraction of sp³-hybridized carbons (Fsp3) is 0.600. The molecule has 100 valence electrons. The molecule has 18 heavy (non-hydrogen) atoms. The average molecular weight is 248 g/mol. The lowest BCUT2D eigenvalue weighted by Crippen LogP contribution is -2.56. The van der Waals surface area contributed by atoms with Crippen LogP contribution in [0.4, 0.5) is 0 Å². The van der Waals surface area contributed by atoms with Crippen molar-refractivity contribution in [2.45, 2.75) is 32.9 Å². The van der Waals surface area contributed by atoms with Crippen molar-refractivity contribution < 1.29 is 4.74 Å². The number of aryl methyl sites for hydroxylation is 1. The number of hydrogen-bond donors (Lipinski definition) is 1. The summed E-state index contributed by atoms with van der Waals surface area (Å²) in [6.45, 7) is 10.9. The second-order valence-electron chi connectivity index (χ2n) is 5.83. The maximum absolute atomic E-state index is 5.30. The smallest absolute Gasteiger partial charge is 0.121 e. The third-order valence-corrected chi connectivity index (χ3v) is 3.52. The largest absolute Gasteiger partial charge is 0.496 e. The first-order valence-corrected chi connectivity index (χ1v) is 6.61. The summed E-state index contributed by atoms with van der Waals surface area (Å²) in [6.07, 6.45) is 0. The van der Waals surface area contributed by atoms with Crippen LogP contribution in [-0.2, 0) is 6.54 Å². The van der Waals surface area contributed by atoms with Crippen LogP contribution in [0.5, 0.6) is 5.75 Å². The summed E-state index contributed by atoms with van der Waals surface area (Å²) in [5, 5.41) is 3.54. The topological polar surface area (TPSA) is 24.5 Å². The molecule has 0 bridgehead atoms. The summed E-state index contributed by atoms with van der Waals surface area (Å²) in [5.74, 6) is 0.972. The van der Waals surface area contributed by atoms with Crippen LogP contribution in [-0.4, -0.2) is 37.2 Å². The zero-order chi connectivity index (χ0) is 13.2. The van der Waals surface area contributed by atoms with E-state index in [4.69, 9.17) is 4.74 Å². The molecule has 0 aromatic heterocycles. The first-order valence-electron chi connectivity index (χ1n) is 6.61. The number of benzene rings is 1. The monoisotopic (exact) mass is 248 g/mol. The van der Waals surface area contributed by atoms with Crippen molar-refractivity contribution >= 4 is 0 Å². The van der Waals surface area contributed by atoms with Gasteiger partial charge in [0.05, 0.1) is 7.11 Å². The molecule has 0 aliphatic carbocycles. The maximum Gasteiger partial charge on any atom is 0.121 e. The molecule has 1 aromatic carbocycles. The molecule has 0 amide bonds. The van der Waals surface area contributed by atoms with Crippen LogP contribution in [0.15, 0.2) is 18.2 Å². The van der Waals surface area contributed by atoms with Gasteiger partial charge in [0.1, 0.15) is 5.75 Å². The fourth-order valence-corrected chi connectivity index (χ4v) is 2.68. The highest BCUT2D eigenvalue weighted by Gasteiger charge is 2.25. The van der Waals surface area contributed by atoms with E-state index in [0.29, 0.717) is 0 Å². The molecule has 0 unspecified atom stereocenters. The summed E-state index contributed by atoms with van der Waals surface area (Å²) in [7, 11) is 1.72. The quantitative estimate of drug-likeness (QED) is 0.887. The standard InChI is InChI=1S/C15H24N2O/c1-12-9-13(5-6-14(12)18-4)10-17-8-7-16-15(2,3)11-17/h5-6,9,16H,7-8,10-11H2,1-4H3. The number of rotatable bonds is 3. The van der Waals surface area contributed by atoms with Gasteiger partial charge < -0.3 is 10.1 Å². The van der Waals surface area contributed by atoms with Crippen LogP contribution in [0.3, 0.4) is 0 Å². The molecule has 3 heteroatoms. The van der Waals surface area contributed by atoms with Crippen molar-refractivity contribution in [3.8, 4) is 5.75 Å². The van der Waals surface area contributed by atoms with E-state index < -0.39 is 0 Å². The molecule has 1 N–H and O–H groups in total. The molecule has 3 nitrogen and oxygen atoms in total. The van der Waals surface area contributed by atoms with Gasteiger partial charge in [-0.05, 0) is 38.0 Å². The van der Waals surface area contributed by atoms with Gasteiger partial charge in [-0.1, -0.05) is 12.1 Å². The van der Waals surface area contributed by atoms with Gasteiger partial charge in [0.2, 0.25) is 0 Å². The zero-order valence-corrected chi connectivity index (χ0v) is 11.9.